The summed E-state index contributed by atoms with van der Waals surface area (Å²) in [4.78, 5) is 4.79. The fraction of sp³-hybridized carbons (Fsp3) is 0.458. The molecule has 168 valence electrons. The van der Waals surface area contributed by atoms with Crippen LogP contribution in [-0.2, 0) is 17.7 Å². The highest BCUT2D eigenvalue weighted by Gasteiger charge is 2.22. The number of ether oxygens (including phenoxy) is 3. The fourth-order valence-corrected chi connectivity index (χ4v) is 3.77. The van der Waals surface area contributed by atoms with Crippen molar-refractivity contribution in [1.82, 2.24) is 10.6 Å². The summed E-state index contributed by atoms with van der Waals surface area (Å²) >= 11 is 0. The molecule has 1 fully saturated rings. The topological polar surface area (TPSA) is 64.1 Å². The minimum absolute atomic E-state index is 0. The monoisotopic (exact) mass is 537 g/mol. The summed E-state index contributed by atoms with van der Waals surface area (Å²) in [7, 11) is 0. The molecule has 2 atom stereocenters. The van der Waals surface area contributed by atoms with Crippen LogP contribution in [0, 0.1) is 6.92 Å². The highest BCUT2D eigenvalue weighted by atomic mass is 127. The highest BCUT2D eigenvalue weighted by molar-refractivity contribution is 14.0. The quantitative estimate of drug-likeness (QED) is 0.320. The first kappa shape index (κ1) is 23.7. The molecule has 2 aliphatic rings. The van der Waals surface area contributed by atoms with Crippen molar-refractivity contribution in [2.75, 3.05) is 26.3 Å². The second-order valence-corrected chi connectivity index (χ2v) is 7.84. The van der Waals surface area contributed by atoms with E-state index in [9.17, 15) is 0 Å². The van der Waals surface area contributed by atoms with Gasteiger partial charge in [0.05, 0.1) is 26.3 Å². The second-order valence-electron chi connectivity index (χ2n) is 7.84. The maximum Gasteiger partial charge on any atom is 0.191 e. The first-order valence-electron chi connectivity index (χ1n) is 10.8. The molecule has 0 aliphatic carbocycles. The molecule has 2 heterocycles. The summed E-state index contributed by atoms with van der Waals surface area (Å²) in [6.07, 6.45) is 2.10. The van der Waals surface area contributed by atoms with Crippen LogP contribution in [-0.4, -0.2) is 44.5 Å². The Kier molecular flexibility index (Phi) is 8.83. The first-order chi connectivity index (χ1) is 14.7. The zero-order valence-electron chi connectivity index (χ0n) is 18.2. The lowest BCUT2D eigenvalue weighted by Crippen LogP contribution is -2.42. The molecular formula is C24H32IN3O3. The molecule has 4 rings (SSSR count). The van der Waals surface area contributed by atoms with Gasteiger partial charge in [-0.15, -0.1) is 24.0 Å². The van der Waals surface area contributed by atoms with Crippen LogP contribution < -0.4 is 20.1 Å². The number of hydrogen-bond donors (Lipinski definition) is 2. The van der Waals surface area contributed by atoms with E-state index in [1.54, 1.807) is 0 Å². The molecule has 1 saturated heterocycles. The minimum atomic E-state index is 0. The number of nitrogens with zero attached hydrogens (tertiary/aromatic N) is 1. The van der Waals surface area contributed by atoms with Crippen LogP contribution in [0.3, 0.4) is 0 Å². The molecule has 2 aliphatic heterocycles. The number of para-hydroxylation sites is 1. The van der Waals surface area contributed by atoms with Crippen LogP contribution in [0.2, 0.25) is 0 Å². The number of hydrogen-bond acceptors (Lipinski definition) is 4. The number of rotatable bonds is 7. The van der Waals surface area contributed by atoms with E-state index in [1.807, 2.05) is 12.1 Å². The predicted molar refractivity (Wildman–Crippen MR) is 134 cm³/mol. The van der Waals surface area contributed by atoms with Gasteiger partial charge in [0.25, 0.3) is 0 Å². The summed E-state index contributed by atoms with van der Waals surface area (Å²) in [5, 5.41) is 6.75. The average molecular weight is 537 g/mol. The van der Waals surface area contributed by atoms with Gasteiger partial charge in [-0.2, -0.15) is 0 Å². The summed E-state index contributed by atoms with van der Waals surface area (Å²) in [6, 6.07) is 14.5. The molecule has 0 bridgehead atoms. The number of halogens is 1. The Hall–Kier alpha value is -2.00. The van der Waals surface area contributed by atoms with Crippen molar-refractivity contribution in [1.29, 1.82) is 0 Å². The Bertz CT molecular complexity index is 859. The van der Waals surface area contributed by atoms with Crippen LogP contribution in [0.4, 0.5) is 0 Å². The van der Waals surface area contributed by atoms with Crippen molar-refractivity contribution in [3.63, 3.8) is 0 Å². The largest absolute Gasteiger partial charge is 0.488 e. The van der Waals surface area contributed by atoms with Gasteiger partial charge in [0.15, 0.2) is 5.96 Å². The molecule has 31 heavy (non-hydrogen) atoms. The van der Waals surface area contributed by atoms with Gasteiger partial charge in [0.2, 0.25) is 0 Å². The maximum atomic E-state index is 6.20. The van der Waals surface area contributed by atoms with E-state index in [0.717, 1.165) is 49.0 Å². The summed E-state index contributed by atoms with van der Waals surface area (Å²) < 4.78 is 17.7. The molecule has 2 aromatic carbocycles. The van der Waals surface area contributed by atoms with Gasteiger partial charge in [-0.1, -0.05) is 30.3 Å². The number of aryl methyl sites for hydroxylation is 1. The Morgan fingerprint density at radius 1 is 1.19 bits per heavy atom. The van der Waals surface area contributed by atoms with Gasteiger partial charge < -0.3 is 24.8 Å². The van der Waals surface area contributed by atoms with Crippen molar-refractivity contribution in [3.8, 4) is 11.5 Å². The molecule has 0 saturated carbocycles. The van der Waals surface area contributed by atoms with Crippen molar-refractivity contribution in [2.24, 2.45) is 4.99 Å². The Balaban J connectivity index is 0.00000272. The van der Waals surface area contributed by atoms with Gasteiger partial charge >= 0.3 is 0 Å². The fourth-order valence-electron chi connectivity index (χ4n) is 3.77. The van der Waals surface area contributed by atoms with Crippen molar-refractivity contribution >= 4 is 29.9 Å². The Labute approximate surface area is 201 Å². The number of fused-ring (bicyclic) bond motifs is 1. The zero-order chi connectivity index (χ0) is 20.8. The Morgan fingerprint density at radius 2 is 2.06 bits per heavy atom. The van der Waals surface area contributed by atoms with E-state index in [2.05, 4.69) is 54.8 Å². The molecule has 7 heteroatoms. The maximum absolute atomic E-state index is 6.20. The van der Waals surface area contributed by atoms with E-state index in [4.69, 9.17) is 19.2 Å². The van der Waals surface area contributed by atoms with Gasteiger partial charge in [-0.3, -0.25) is 0 Å². The van der Waals surface area contributed by atoms with E-state index < -0.39 is 0 Å². The van der Waals surface area contributed by atoms with Gasteiger partial charge in [-0.25, -0.2) is 4.99 Å². The molecular weight excluding hydrogens is 505 g/mol. The van der Waals surface area contributed by atoms with Gasteiger partial charge in [0.1, 0.15) is 23.7 Å². The highest BCUT2D eigenvalue weighted by Crippen LogP contribution is 2.28. The molecule has 0 radical (unpaired) electrons. The number of aliphatic imine (C=N–C) groups is 1. The van der Waals surface area contributed by atoms with Crippen LogP contribution >= 0.6 is 24.0 Å². The molecule has 0 aromatic heterocycles. The standard InChI is InChI=1S/C24H31N3O3.HI/c1-3-25-24(27-15-21-13-18-6-4-5-7-22(18)30-21)26-14-19-9-8-17(2)12-23(19)29-20-10-11-28-16-20;/h4-9,12,20-21H,3,10-11,13-16H2,1-2H3,(H2,25,26,27);1H. The SMILES string of the molecule is CCNC(=NCc1ccc(C)cc1OC1CCOC1)NCC1Cc2ccccc2O1.I. The smallest absolute Gasteiger partial charge is 0.191 e. The molecule has 0 spiro atoms. The third-order valence-electron chi connectivity index (χ3n) is 5.37. The lowest BCUT2D eigenvalue weighted by molar-refractivity contribution is 0.140. The number of nitrogens with one attached hydrogen (secondary N) is 2. The first-order valence-corrected chi connectivity index (χ1v) is 10.8. The van der Waals surface area contributed by atoms with E-state index in [-0.39, 0.29) is 36.2 Å². The molecule has 2 N–H and O–H groups in total. The van der Waals surface area contributed by atoms with Crippen LogP contribution in [0.5, 0.6) is 11.5 Å². The zero-order valence-corrected chi connectivity index (χ0v) is 20.6. The molecule has 2 aromatic rings. The van der Waals surface area contributed by atoms with E-state index in [0.29, 0.717) is 19.7 Å². The predicted octanol–water partition coefficient (Wildman–Crippen LogP) is 3.84. The third-order valence-corrected chi connectivity index (χ3v) is 5.37. The normalized spacial score (nSPS) is 19.9. The lowest BCUT2D eigenvalue weighted by Gasteiger charge is -2.17. The van der Waals surface area contributed by atoms with Crippen LogP contribution in [0.15, 0.2) is 47.5 Å². The summed E-state index contributed by atoms with van der Waals surface area (Å²) in [5.74, 6) is 2.68. The second kappa shape index (κ2) is 11.6. The minimum Gasteiger partial charge on any atom is -0.488 e. The van der Waals surface area contributed by atoms with Gasteiger partial charge in [-0.05, 0) is 37.1 Å². The summed E-state index contributed by atoms with van der Waals surface area (Å²) in [6.45, 7) is 7.63. The third kappa shape index (κ3) is 6.49. The Morgan fingerprint density at radius 3 is 2.84 bits per heavy atom. The number of guanidine groups is 1. The average Bonchev–Trinajstić information content (AvgIpc) is 3.40. The number of benzene rings is 2. The van der Waals surface area contributed by atoms with Crippen molar-refractivity contribution < 1.29 is 14.2 Å². The van der Waals surface area contributed by atoms with Crippen molar-refractivity contribution in [2.45, 2.75) is 45.4 Å². The molecule has 0 amide bonds. The van der Waals surface area contributed by atoms with Crippen LogP contribution in [0.25, 0.3) is 0 Å². The van der Waals surface area contributed by atoms with Crippen LogP contribution in [0.1, 0.15) is 30.0 Å². The molecule has 6 nitrogen and oxygen atoms in total. The van der Waals surface area contributed by atoms with Gasteiger partial charge in [0, 0.05) is 24.9 Å². The molecule has 2 unspecified atom stereocenters. The van der Waals surface area contributed by atoms with E-state index >= 15 is 0 Å². The lowest BCUT2D eigenvalue weighted by atomic mass is 10.1. The summed E-state index contributed by atoms with van der Waals surface area (Å²) in [5.41, 5.74) is 3.53. The van der Waals surface area contributed by atoms with E-state index in [1.165, 1.54) is 11.1 Å². The van der Waals surface area contributed by atoms with Crippen molar-refractivity contribution in [3.05, 3.63) is 59.2 Å².